The summed E-state index contributed by atoms with van der Waals surface area (Å²) in [6, 6.07) is 0. The minimum absolute atomic E-state index is 0.0898. The van der Waals surface area contributed by atoms with E-state index in [9.17, 15) is 9.90 Å². The Morgan fingerprint density at radius 1 is 1.39 bits per heavy atom. The predicted octanol–water partition coefficient (Wildman–Crippen LogP) is 0.586. The molecule has 1 amide bonds. The van der Waals surface area contributed by atoms with E-state index in [1.807, 2.05) is 13.8 Å². The van der Waals surface area contributed by atoms with Crippen molar-refractivity contribution in [2.45, 2.75) is 32.8 Å². The molecule has 0 fully saturated rings. The van der Waals surface area contributed by atoms with Gasteiger partial charge in [-0.25, -0.2) is 9.97 Å². The van der Waals surface area contributed by atoms with Crippen molar-refractivity contribution in [1.82, 2.24) is 15.3 Å². The molecule has 0 aliphatic rings. The fourth-order valence-corrected chi connectivity index (χ4v) is 1.80. The molecule has 0 spiro atoms. The zero-order chi connectivity index (χ0) is 13.5. The monoisotopic (exact) mass is 252 g/mol. The first-order valence-electron chi connectivity index (χ1n) is 6.12. The van der Waals surface area contributed by atoms with Gasteiger partial charge in [0.15, 0.2) is 11.5 Å². The molecule has 6 heteroatoms. The molecule has 1 aromatic heterocycles. The molecule has 1 unspecified atom stereocenters. The van der Waals surface area contributed by atoms with Crippen molar-refractivity contribution in [2.24, 2.45) is 5.92 Å². The molecular weight excluding hydrogens is 232 g/mol. The molecule has 0 bridgehead atoms. The summed E-state index contributed by atoms with van der Waals surface area (Å²) in [5, 5.41) is 12.5. The van der Waals surface area contributed by atoms with Crippen LogP contribution in [0.15, 0.2) is 12.4 Å². The van der Waals surface area contributed by atoms with Gasteiger partial charge in [-0.2, -0.15) is 0 Å². The van der Waals surface area contributed by atoms with Crippen molar-refractivity contribution in [1.29, 1.82) is 0 Å². The third kappa shape index (κ3) is 3.66. The third-order valence-electron chi connectivity index (χ3n) is 3.01. The van der Waals surface area contributed by atoms with Gasteiger partial charge in [0.2, 0.25) is 0 Å². The van der Waals surface area contributed by atoms with E-state index in [0.717, 1.165) is 12.8 Å². The number of nitrogen functional groups attached to an aromatic ring is 1. The lowest BCUT2D eigenvalue weighted by atomic mass is 9.96. The number of nitrogens with zero attached hydrogens (tertiary/aromatic N) is 2. The minimum Gasteiger partial charge on any atom is -0.391 e. The number of amides is 1. The van der Waals surface area contributed by atoms with E-state index in [0.29, 0.717) is 0 Å². The Labute approximate surface area is 107 Å². The maximum atomic E-state index is 11.8. The van der Waals surface area contributed by atoms with Crippen LogP contribution in [0.5, 0.6) is 0 Å². The van der Waals surface area contributed by atoms with Gasteiger partial charge in [0.1, 0.15) is 0 Å². The van der Waals surface area contributed by atoms with E-state index >= 15 is 0 Å². The SMILES string of the molecule is CCC(CC)C(O)CNC(=O)c1nccnc1N. The van der Waals surface area contributed by atoms with Gasteiger partial charge in [-0.3, -0.25) is 4.79 Å². The van der Waals surface area contributed by atoms with Gasteiger partial charge in [-0.1, -0.05) is 26.7 Å². The number of hydrogen-bond acceptors (Lipinski definition) is 5. The van der Waals surface area contributed by atoms with E-state index in [-0.39, 0.29) is 24.0 Å². The Morgan fingerprint density at radius 3 is 2.56 bits per heavy atom. The number of rotatable bonds is 6. The number of carbonyl (C=O) groups is 1. The molecule has 1 aromatic rings. The summed E-state index contributed by atoms with van der Waals surface area (Å²) in [4.78, 5) is 19.4. The van der Waals surface area contributed by atoms with Crippen molar-refractivity contribution >= 4 is 11.7 Å². The first-order valence-corrected chi connectivity index (χ1v) is 6.12. The van der Waals surface area contributed by atoms with Crippen LogP contribution in [0.1, 0.15) is 37.2 Å². The molecule has 100 valence electrons. The first kappa shape index (κ1) is 14.4. The zero-order valence-electron chi connectivity index (χ0n) is 10.8. The molecule has 0 radical (unpaired) electrons. The molecule has 6 nitrogen and oxygen atoms in total. The molecule has 18 heavy (non-hydrogen) atoms. The standard InChI is InChI=1S/C12H20N4O2/c1-3-8(4-2)9(17)7-16-12(18)10-11(13)15-6-5-14-10/h5-6,8-9,17H,3-4,7H2,1-2H3,(H2,13,15)(H,16,18). The largest absolute Gasteiger partial charge is 0.391 e. The molecule has 0 aliphatic heterocycles. The molecule has 4 N–H and O–H groups in total. The van der Waals surface area contributed by atoms with Crippen LogP contribution >= 0.6 is 0 Å². The summed E-state index contributed by atoms with van der Waals surface area (Å²) in [6.07, 6.45) is 4.02. The third-order valence-corrected chi connectivity index (χ3v) is 3.01. The van der Waals surface area contributed by atoms with Gasteiger partial charge < -0.3 is 16.2 Å². The van der Waals surface area contributed by atoms with Crippen LogP contribution in [0.25, 0.3) is 0 Å². The van der Waals surface area contributed by atoms with Gasteiger partial charge in [-0.05, 0) is 5.92 Å². The predicted molar refractivity (Wildman–Crippen MR) is 68.9 cm³/mol. The smallest absolute Gasteiger partial charge is 0.273 e. The maximum absolute atomic E-state index is 11.8. The summed E-state index contributed by atoms with van der Waals surface area (Å²) in [5.41, 5.74) is 5.63. The number of aromatic nitrogens is 2. The van der Waals surface area contributed by atoms with Gasteiger partial charge in [0.25, 0.3) is 5.91 Å². The zero-order valence-corrected chi connectivity index (χ0v) is 10.8. The van der Waals surface area contributed by atoms with Crippen LogP contribution < -0.4 is 11.1 Å². The highest BCUT2D eigenvalue weighted by Crippen LogP contribution is 2.12. The average molecular weight is 252 g/mol. The number of nitrogens with one attached hydrogen (secondary N) is 1. The lowest BCUT2D eigenvalue weighted by Crippen LogP contribution is -2.36. The Balaban J connectivity index is 2.54. The Bertz CT molecular complexity index is 393. The van der Waals surface area contributed by atoms with Crippen LogP contribution in [0.4, 0.5) is 5.82 Å². The van der Waals surface area contributed by atoms with Crippen molar-refractivity contribution in [3.05, 3.63) is 18.1 Å². The second-order valence-corrected chi connectivity index (χ2v) is 4.14. The normalized spacial score (nSPS) is 12.4. The van der Waals surface area contributed by atoms with Crippen LogP contribution in [-0.4, -0.2) is 33.6 Å². The van der Waals surface area contributed by atoms with E-state index in [4.69, 9.17) is 5.73 Å². The van der Waals surface area contributed by atoms with Gasteiger partial charge >= 0.3 is 0 Å². The summed E-state index contributed by atoms with van der Waals surface area (Å²) in [5.74, 6) is -0.137. The second kappa shape index (κ2) is 6.90. The summed E-state index contributed by atoms with van der Waals surface area (Å²) in [6.45, 7) is 4.22. The van der Waals surface area contributed by atoms with E-state index in [1.54, 1.807) is 0 Å². The highest BCUT2D eigenvalue weighted by molar-refractivity contribution is 5.96. The topological polar surface area (TPSA) is 101 Å². The van der Waals surface area contributed by atoms with Gasteiger partial charge in [0, 0.05) is 18.9 Å². The van der Waals surface area contributed by atoms with Crippen molar-refractivity contribution < 1.29 is 9.90 Å². The van der Waals surface area contributed by atoms with Crippen molar-refractivity contribution in [3.63, 3.8) is 0 Å². The molecule has 1 rings (SSSR count). The number of aliphatic hydroxyl groups excluding tert-OH is 1. The highest BCUT2D eigenvalue weighted by atomic mass is 16.3. The number of aliphatic hydroxyl groups is 1. The molecule has 0 saturated heterocycles. The van der Waals surface area contributed by atoms with Gasteiger partial charge in [-0.15, -0.1) is 0 Å². The molecule has 1 atom stereocenters. The van der Waals surface area contributed by atoms with E-state index in [1.165, 1.54) is 12.4 Å². The lowest BCUT2D eigenvalue weighted by molar-refractivity contribution is 0.0813. The summed E-state index contributed by atoms with van der Waals surface area (Å²) < 4.78 is 0. The van der Waals surface area contributed by atoms with Crippen molar-refractivity contribution in [2.75, 3.05) is 12.3 Å². The molecule has 1 heterocycles. The lowest BCUT2D eigenvalue weighted by Gasteiger charge is -2.20. The maximum Gasteiger partial charge on any atom is 0.273 e. The number of carbonyl (C=O) groups excluding carboxylic acids is 1. The molecule has 0 aromatic carbocycles. The quantitative estimate of drug-likeness (QED) is 0.687. The summed E-state index contributed by atoms with van der Waals surface area (Å²) in [7, 11) is 0. The fraction of sp³-hybridized carbons (Fsp3) is 0.583. The molecule has 0 saturated carbocycles. The van der Waals surface area contributed by atoms with Crippen molar-refractivity contribution in [3.8, 4) is 0 Å². The first-order chi connectivity index (χ1) is 8.60. The Hall–Kier alpha value is -1.69. The van der Waals surface area contributed by atoms with Gasteiger partial charge in [0.05, 0.1) is 6.10 Å². The van der Waals surface area contributed by atoms with Crippen LogP contribution in [-0.2, 0) is 0 Å². The van der Waals surface area contributed by atoms with Crippen LogP contribution in [0.2, 0.25) is 0 Å². The Morgan fingerprint density at radius 2 is 2.00 bits per heavy atom. The second-order valence-electron chi connectivity index (χ2n) is 4.14. The molecule has 0 aliphatic carbocycles. The number of nitrogens with two attached hydrogens (primary N) is 1. The van der Waals surface area contributed by atoms with Crippen LogP contribution in [0.3, 0.4) is 0 Å². The number of anilines is 1. The molecular formula is C12H20N4O2. The average Bonchev–Trinajstić information content (AvgIpc) is 2.38. The fourth-order valence-electron chi connectivity index (χ4n) is 1.80. The number of hydrogen-bond donors (Lipinski definition) is 3. The summed E-state index contributed by atoms with van der Waals surface area (Å²) >= 11 is 0. The van der Waals surface area contributed by atoms with E-state index in [2.05, 4.69) is 15.3 Å². The Kier molecular flexibility index (Phi) is 5.51. The highest BCUT2D eigenvalue weighted by Gasteiger charge is 2.18. The van der Waals surface area contributed by atoms with E-state index < -0.39 is 12.0 Å². The van der Waals surface area contributed by atoms with Crippen LogP contribution in [0, 0.1) is 5.92 Å². The minimum atomic E-state index is -0.554.